The Hall–Kier alpha value is -1.80. The minimum atomic E-state index is -0.880. The van der Waals surface area contributed by atoms with Gasteiger partial charge in [0.2, 0.25) is 0 Å². The number of hydrogen-bond acceptors (Lipinski definition) is 5. The van der Waals surface area contributed by atoms with Crippen LogP contribution in [0.4, 0.5) is 0 Å². The van der Waals surface area contributed by atoms with E-state index in [1.165, 1.54) is 16.7 Å². The Kier molecular flexibility index (Phi) is 7.18. The van der Waals surface area contributed by atoms with E-state index in [0.717, 1.165) is 15.4 Å². The first-order chi connectivity index (χ1) is 13.4. The van der Waals surface area contributed by atoms with Gasteiger partial charge in [0.05, 0.1) is 4.91 Å². The van der Waals surface area contributed by atoms with Crippen molar-refractivity contribution in [2.75, 3.05) is 6.54 Å². The van der Waals surface area contributed by atoms with Crippen LogP contribution in [0.2, 0.25) is 5.02 Å². The lowest BCUT2D eigenvalue weighted by atomic mass is 10.2. The Labute approximate surface area is 181 Å². The lowest BCUT2D eigenvalue weighted by Crippen LogP contribution is -2.29. The van der Waals surface area contributed by atoms with Crippen molar-refractivity contribution in [2.45, 2.75) is 22.6 Å². The van der Waals surface area contributed by atoms with Crippen LogP contribution in [0.3, 0.4) is 0 Å². The highest BCUT2D eigenvalue weighted by molar-refractivity contribution is 8.26. The maximum absolute atomic E-state index is 12.7. The number of aliphatic carboxylic acids is 1. The van der Waals surface area contributed by atoms with Crippen molar-refractivity contribution in [2.24, 2.45) is 0 Å². The highest BCUT2D eigenvalue weighted by Crippen LogP contribution is 2.36. The number of amides is 1. The molecule has 1 aliphatic heterocycles. The van der Waals surface area contributed by atoms with Crippen LogP contribution in [-0.4, -0.2) is 32.7 Å². The molecule has 2 aromatic carbocycles. The quantitative estimate of drug-likeness (QED) is 0.441. The number of thioether (sulfide) groups is 1. The van der Waals surface area contributed by atoms with Gasteiger partial charge in [-0.15, -0.1) is 0 Å². The first-order valence-corrected chi connectivity index (χ1v) is 10.9. The van der Waals surface area contributed by atoms with E-state index in [1.54, 1.807) is 11.8 Å². The first kappa shape index (κ1) is 20.9. The third kappa shape index (κ3) is 5.38. The van der Waals surface area contributed by atoms with Crippen molar-refractivity contribution < 1.29 is 14.7 Å². The SMILES string of the molecule is O=C(O)CCCN1C(=O)/C(=C/c2ccccc2Sc2ccc(Cl)cc2)SC1=S. The van der Waals surface area contributed by atoms with E-state index >= 15 is 0 Å². The molecule has 8 heteroatoms. The van der Waals surface area contributed by atoms with E-state index in [0.29, 0.717) is 27.2 Å². The lowest BCUT2D eigenvalue weighted by molar-refractivity contribution is -0.137. The Morgan fingerprint density at radius 2 is 1.93 bits per heavy atom. The van der Waals surface area contributed by atoms with E-state index in [1.807, 2.05) is 54.6 Å². The van der Waals surface area contributed by atoms with Gasteiger partial charge in [-0.05, 0) is 48.4 Å². The number of thiocarbonyl (C=S) groups is 1. The van der Waals surface area contributed by atoms with Gasteiger partial charge in [-0.1, -0.05) is 65.5 Å². The van der Waals surface area contributed by atoms with Crippen LogP contribution >= 0.6 is 47.3 Å². The average molecular weight is 450 g/mol. The summed E-state index contributed by atoms with van der Waals surface area (Å²) >= 11 is 14.1. The van der Waals surface area contributed by atoms with E-state index in [9.17, 15) is 9.59 Å². The van der Waals surface area contributed by atoms with Gasteiger partial charge in [0.1, 0.15) is 4.32 Å². The highest BCUT2D eigenvalue weighted by Gasteiger charge is 2.31. The molecule has 1 aliphatic rings. The predicted octanol–water partition coefficient (Wildman–Crippen LogP) is 5.56. The Morgan fingerprint density at radius 3 is 2.64 bits per heavy atom. The Morgan fingerprint density at radius 1 is 1.21 bits per heavy atom. The molecule has 0 aliphatic carbocycles. The number of nitrogens with zero attached hydrogens (tertiary/aromatic N) is 1. The van der Waals surface area contributed by atoms with Crippen LogP contribution in [0.25, 0.3) is 6.08 Å². The van der Waals surface area contributed by atoms with E-state index in [2.05, 4.69) is 0 Å². The zero-order valence-electron chi connectivity index (χ0n) is 14.6. The van der Waals surface area contributed by atoms with Gasteiger partial charge in [0, 0.05) is 27.8 Å². The van der Waals surface area contributed by atoms with Crippen LogP contribution in [0.1, 0.15) is 18.4 Å². The lowest BCUT2D eigenvalue weighted by Gasteiger charge is -2.13. The summed E-state index contributed by atoms with van der Waals surface area (Å²) in [6.07, 6.45) is 2.23. The number of benzene rings is 2. The van der Waals surface area contributed by atoms with Gasteiger partial charge in [0.25, 0.3) is 5.91 Å². The van der Waals surface area contributed by atoms with E-state index < -0.39 is 5.97 Å². The molecule has 1 amide bonds. The van der Waals surface area contributed by atoms with E-state index in [4.69, 9.17) is 28.9 Å². The second kappa shape index (κ2) is 9.60. The molecule has 4 nitrogen and oxygen atoms in total. The molecule has 0 saturated carbocycles. The monoisotopic (exact) mass is 449 g/mol. The van der Waals surface area contributed by atoms with Crippen LogP contribution < -0.4 is 0 Å². The molecular weight excluding hydrogens is 434 g/mol. The predicted molar refractivity (Wildman–Crippen MR) is 119 cm³/mol. The van der Waals surface area contributed by atoms with Crippen molar-refractivity contribution in [1.82, 2.24) is 4.90 Å². The maximum atomic E-state index is 12.7. The fourth-order valence-corrected chi connectivity index (χ4v) is 4.89. The molecule has 1 fully saturated rings. The third-order valence-electron chi connectivity index (χ3n) is 3.89. The molecule has 1 heterocycles. The summed E-state index contributed by atoms with van der Waals surface area (Å²) in [7, 11) is 0. The number of halogens is 1. The summed E-state index contributed by atoms with van der Waals surface area (Å²) in [6, 6.07) is 15.4. The molecule has 0 unspecified atom stereocenters. The van der Waals surface area contributed by atoms with Crippen molar-refractivity contribution in [3.63, 3.8) is 0 Å². The largest absolute Gasteiger partial charge is 0.481 e. The summed E-state index contributed by atoms with van der Waals surface area (Å²) in [5.41, 5.74) is 0.925. The molecule has 0 bridgehead atoms. The van der Waals surface area contributed by atoms with Crippen LogP contribution in [0, 0.1) is 0 Å². The molecule has 1 saturated heterocycles. The molecule has 28 heavy (non-hydrogen) atoms. The zero-order valence-corrected chi connectivity index (χ0v) is 17.8. The smallest absolute Gasteiger partial charge is 0.303 e. The fourth-order valence-electron chi connectivity index (χ4n) is 2.54. The molecule has 0 atom stereocenters. The topological polar surface area (TPSA) is 57.6 Å². The Balaban J connectivity index is 1.78. The molecule has 3 rings (SSSR count). The van der Waals surface area contributed by atoms with Crippen LogP contribution in [0.5, 0.6) is 0 Å². The number of carbonyl (C=O) groups excluding carboxylic acids is 1. The number of carboxylic acids is 1. The van der Waals surface area contributed by atoms with Crippen LogP contribution in [0.15, 0.2) is 63.2 Å². The summed E-state index contributed by atoms with van der Waals surface area (Å²) in [4.78, 5) is 27.5. The van der Waals surface area contributed by atoms with Gasteiger partial charge < -0.3 is 5.11 Å². The Bertz CT molecular complexity index is 944. The molecule has 0 spiro atoms. The summed E-state index contributed by atoms with van der Waals surface area (Å²) in [5.74, 6) is -1.05. The van der Waals surface area contributed by atoms with Crippen LogP contribution in [-0.2, 0) is 9.59 Å². The summed E-state index contributed by atoms with van der Waals surface area (Å²) < 4.78 is 0.462. The standard InChI is InChI=1S/C20H16ClNO3S3/c21-14-7-9-15(10-8-14)27-16-5-2-1-4-13(16)12-17-19(25)22(20(26)28-17)11-3-6-18(23)24/h1-2,4-5,7-10,12H,3,6,11H2,(H,23,24)/b17-12-. The highest BCUT2D eigenvalue weighted by atomic mass is 35.5. The van der Waals surface area contributed by atoms with Gasteiger partial charge in [-0.2, -0.15) is 0 Å². The van der Waals surface area contributed by atoms with E-state index in [-0.39, 0.29) is 12.3 Å². The zero-order chi connectivity index (χ0) is 20.1. The summed E-state index contributed by atoms with van der Waals surface area (Å²) in [5, 5.41) is 9.45. The van der Waals surface area contributed by atoms with Crippen molar-refractivity contribution >= 4 is 69.6 Å². The molecule has 0 aromatic heterocycles. The fraction of sp³-hybridized carbons (Fsp3) is 0.150. The minimum absolute atomic E-state index is 0.0106. The first-order valence-electron chi connectivity index (χ1n) is 8.43. The van der Waals surface area contributed by atoms with Gasteiger partial charge in [-0.3, -0.25) is 14.5 Å². The number of hydrogen-bond donors (Lipinski definition) is 1. The number of rotatable bonds is 7. The number of carboxylic acid groups (broad SMARTS) is 1. The second-order valence-electron chi connectivity index (χ2n) is 5.92. The second-order valence-corrected chi connectivity index (χ2v) is 9.15. The van der Waals surface area contributed by atoms with Crippen molar-refractivity contribution in [3.8, 4) is 0 Å². The van der Waals surface area contributed by atoms with Gasteiger partial charge in [-0.25, -0.2) is 0 Å². The maximum Gasteiger partial charge on any atom is 0.303 e. The molecule has 0 radical (unpaired) electrons. The number of carbonyl (C=O) groups is 2. The normalized spacial score (nSPS) is 15.5. The molecule has 2 aromatic rings. The van der Waals surface area contributed by atoms with Gasteiger partial charge in [0.15, 0.2) is 0 Å². The molecular formula is C20H16ClNO3S3. The average Bonchev–Trinajstić information content (AvgIpc) is 2.92. The molecule has 144 valence electrons. The summed E-state index contributed by atoms with van der Waals surface area (Å²) in [6.45, 7) is 0.315. The van der Waals surface area contributed by atoms with Crippen molar-refractivity contribution in [3.05, 3.63) is 64.0 Å². The minimum Gasteiger partial charge on any atom is -0.481 e. The third-order valence-corrected chi connectivity index (χ3v) is 6.62. The van der Waals surface area contributed by atoms with Gasteiger partial charge >= 0.3 is 5.97 Å². The molecule has 1 N–H and O–H groups in total. The van der Waals surface area contributed by atoms with Crippen molar-refractivity contribution in [1.29, 1.82) is 0 Å².